The molecule has 0 radical (unpaired) electrons. The first kappa shape index (κ1) is 16.9. The number of aromatic amines is 1. The lowest BCUT2D eigenvalue weighted by Gasteiger charge is -2.13. The second-order valence-corrected chi connectivity index (χ2v) is 6.59. The Hall–Kier alpha value is -3.59. The van der Waals surface area contributed by atoms with Gasteiger partial charge in [-0.3, -0.25) is 9.48 Å². The van der Waals surface area contributed by atoms with Crippen LogP contribution in [0.3, 0.4) is 0 Å². The number of aryl methyl sites for hydroxylation is 1. The summed E-state index contributed by atoms with van der Waals surface area (Å²) >= 11 is 0. The summed E-state index contributed by atoms with van der Waals surface area (Å²) in [5.74, 6) is 0.721. The molecule has 4 aromatic rings. The number of fused-ring (bicyclic) bond motifs is 2. The quantitative estimate of drug-likeness (QED) is 0.560. The zero-order valence-electron chi connectivity index (χ0n) is 15.3. The van der Waals surface area contributed by atoms with Crippen LogP contribution in [-0.4, -0.2) is 27.7 Å². The number of ketones is 1. The van der Waals surface area contributed by atoms with Crippen LogP contribution in [0.15, 0.2) is 36.7 Å². The molecule has 0 aliphatic heterocycles. The lowest BCUT2D eigenvalue weighted by atomic mass is 10.00. The minimum Gasteiger partial charge on any atom is -0.496 e. The molecule has 0 bridgehead atoms. The zero-order valence-corrected chi connectivity index (χ0v) is 15.3. The van der Waals surface area contributed by atoms with Crippen molar-refractivity contribution in [3.8, 4) is 11.8 Å². The van der Waals surface area contributed by atoms with Crippen molar-refractivity contribution in [2.45, 2.75) is 20.4 Å². The average molecular weight is 358 g/mol. The SMILES string of the molecule is COc1cc(C)c2[nH]cc(C(C)=O)c2c1Cn1cc2ccc(C#N)cc2n1. The monoisotopic (exact) mass is 358 g/mol. The molecular weight excluding hydrogens is 340 g/mol. The van der Waals surface area contributed by atoms with Gasteiger partial charge in [0.1, 0.15) is 5.75 Å². The van der Waals surface area contributed by atoms with Crippen LogP contribution in [0.5, 0.6) is 5.75 Å². The van der Waals surface area contributed by atoms with E-state index in [0.29, 0.717) is 17.7 Å². The van der Waals surface area contributed by atoms with E-state index in [0.717, 1.165) is 38.7 Å². The van der Waals surface area contributed by atoms with Crippen molar-refractivity contribution in [2.75, 3.05) is 7.11 Å². The number of methoxy groups -OCH3 is 1. The Morgan fingerprint density at radius 3 is 2.89 bits per heavy atom. The van der Waals surface area contributed by atoms with Gasteiger partial charge < -0.3 is 9.72 Å². The van der Waals surface area contributed by atoms with Gasteiger partial charge >= 0.3 is 0 Å². The number of carbonyl (C=O) groups is 1. The molecular formula is C21H18N4O2. The van der Waals surface area contributed by atoms with E-state index in [1.54, 1.807) is 32.4 Å². The largest absolute Gasteiger partial charge is 0.496 e. The molecule has 0 aliphatic carbocycles. The lowest BCUT2D eigenvalue weighted by Crippen LogP contribution is -2.05. The Balaban J connectivity index is 1.90. The number of ether oxygens (including phenoxy) is 1. The number of aromatic nitrogens is 3. The van der Waals surface area contributed by atoms with Gasteiger partial charge in [-0.1, -0.05) is 0 Å². The molecule has 1 N–H and O–H groups in total. The number of rotatable bonds is 4. The van der Waals surface area contributed by atoms with Crippen LogP contribution in [0, 0.1) is 18.3 Å². The number of H-pyrrole nitrogens is 1. The fourth-order valence-electron chi connectivity index (χ4n) is 3.52. The average Bonchev–Trinajstić information content (AvgIpc) is 3.27. The van der Waals surface area contributed by atoms with Crippen molar-refractivity contribution in [2.24, 2.45) is 0 Å². The van der Waals surface area contributed by atoms with Gasteiger partial charge in [-0.15, -0.1) is 0 Å². The molecule has 2 aromatic carbocycles. The van der Waals surface area contributed by atoms with Crippen LogP contribution >= 0.6 is 0 Å². The third-order valence-electron chi connectivity index (χ3n) is 4.82. The Labute approximate surface area is 156 Å². The van der Waals surface area contributed by atoms with Crippen molar-refractivity contribution >= 4 is 27.6 Å². The van der Waals surface area contributed by atoms with Gasteiger partial charge in [-0.2, -0.15) is 10.4 Å². The fourth-order valence-corrected chi connectivity index (χ4v) is 3.52. The van der Waals surface area contributed by atoms with Gasteiger partial charge in [-0.05, 0) is 43.7 Å². The van der Waals surface area contributed by atoms with Crippen LogP contribution in [-0.2, 0) is 6.54 Å². The number of nitrogens with one attached hydrogen (secondary N) is 1. The van der Waals surface area contributed by atoms with Crippen LogP contribution < -0.4 is 4.74 Å². The van der Waals surface area contributed by atoms with Crippen molar-refractivity contribution < 1.29 is 9.53 Å². The zero-order chi connectivity index (χ0) is 19.1. The Bertz CT molecular complexity index is 1240. The second-order valence-electron chi connectivity index (χ2n) is 6.59. The first-order chi connectivity index (χ1) is 13.0. The molecule has 0 atom stereocenters. The van der Waals surface area contributed by atoms with Crippen molar-refractivity contribution in [3.63, 3.8) is 0 Å². The highest BCUT2D eigenvalue weighted by molar-refractivity contribution is 6.09. The summed E-state index contributed by atoms with van der Waals surface area (Å²) in [6.45, 7) is 4.00. The second kappa shape index (κ2) is 6.29. The van der Waals surface area contributed by atoms with Gasteiger partial charge in [0.15, 0.2) is 5.78 Å². The van der Waals surface area contributed by atoms with E-state index in [9.17, 15) is 4.79 Å². The molecule has 6 nitrogen and oxygen atoms in total. The minimum absolute atomic E-state index is 0.000517. The summed E-state index contributed by atoms with van der Waals surface area (Å²) < 4.78 is 7.43. The number of nitrogens with zero attached hydrogens (tertiary/aromatic N) is 3. The molecule has 4 rings (SSSR count). The molecule has 0 saturated carbocycles. The van der Waals surface area contributed by atoms with E-state index in [-0.39, 0.29) is 5.78 Å². The maximum Gasteiger partial charge on any atom is 0.161 e. The summed E-state index contributed by atoms with van der Waals surface area (Å²) in [4.78, 5) is 15.3. The number of nitriles is 1. The van der Waals surface area contributed by atoms with E-state index in [2.05, 4.69) is 16.2 Å². The van der Waals surface area contributed by atoms with E-state index < -0.39 is 0 Å². The lowest BCUT2D eigenvalue weighted by molar-refractivity contribution is 0.101. The Morgan fingerprint density at radius 2 is 2.19 bits per heavy atom. The Kier molecular flexibility index (Phi) is 3.93. The predicted molar refractivity (Wildman–Crippen MR) is 103 cm³/mol. The molecule has 2 aromatic heterocycles. The topological polar surface area (TPSA) is 83.7 Å². The minimum atomic E-state index is -0.000517. The molecule has 6 heteroatoms. The number of benzene rings is 2. The standard InChI is InChI=1S/C21H18N4O2/c1-12-6-19(27-3)17(20-16(13(2)26)9-23-21(12)20)11-25-10-15-5-4-14(8-22)7-18(15)24-25/h4-7,9-10,23H,11H2,1-3H3. The molecule has 27 heavy (non-hydrogen) atoms. The van der Waals surface area contributed by atoms with Crippen molar-refractivity contribution in [1.82, 2.24) is 14.8 Å². The van der Waals surface area contributed by atoms with Crippen molar-refractivity contribution in [1.29, 1.82) is 5.26 Å². The summed E-state index contributed by atoms with van der Waals surface area (Å²) in [5, 5.41) is 15.5. The molecule has 0 spiro atoms. The first-order valence-corrected chi connectivity index (χ1v) is 8.57. The molecule has 0 saturated heterocycles. The third-order valence-corrected chi connectivity index (χ3v) is 4.82. The van der Waals surface area contributed by atoms with Gasteiger partial charge in [0.05, 0.1) is 30.8 Å². The van der Waals surface area contributed by atoms with Gasteiger partial charge in [-0.25, -0.2) is 0 Å². The van der Waals surface area contributed by atoms with Gasteiger partial charge in [0.2, 0.25) is 0 Å². The predicted octanol–water partition coefficient (Wildman–Crippen LogP) is 3.96. The normalized spacial score (nSPS) is 11.0. The fraction of sp³-hybridized carbons (Fsp3) is 0.190. The van der Waals surface area contributed by atoms with Crippen molar-refractivity contribution in [3.05, 3.63) is 58.9 Å². The number of carbonyl (C=O) groups excluding carboxylic acids is 1. The summed E-state index contributed by atoms with van der Waals surface area (Å²) in [5.41, 5.74) is 4.83. The summed E-state index contributed by atoms with van der Waals surface area (Å²) in [6, 6.07) is 9.53. The summed E-state index contributed by atoms with van der Waals surface area (Å²) in [6.07, 6.45) is 3.68. The third kappa shape index (κ3) is 2.74. The smallest absolute Gasteiger partial charge is 0.161 e. The molecule has 0 fully saturated rings. The maximum absolute atomic E-state index is 12.1. The molecule has 134 valence electrons. The Morgan fingerprint density at radius 1 is 1.37 bits per heavy atom. The van der Waals surface area contributed by atoms with Gasteiger partial charge in [0, 0.05) is 39.8 Å². The molecule has 0 amide bonds. The number of hydrogen-bond donors (Lipinski definition) is 1. The van der Waals surface area contributed by atoms with Crippen LogP contribution in [0.25, 0.3) is 21.8 Å². The van der Waals surface area contributed by atoms with Crippen LogP contribution in [0.1, 0.15) is 34.0 Å². The highest BCUT2D eigenvalue weighted by atomic mass is 16.5. The molecule has 0 aliphatic rings. The van der Waals surface area contributed by atoms with Crippen LogP contribution in [0.2, 0.25) is 0 Å². The number of Topliss-reactive ketones (excluding diaryl/α,β-unsaturated/α-hetero) is 1. The van der Waals surface area contributed by atoms with E-state index in [4.69, 9.17) is 10.00 Å². The van der Waals surface area contributed by atoms with Crippen LogP contribution in [0.4, 0.5) is 0 Å². The molecule has 0 unspecified atom stereocenters. The van der Waals surface area contributed by atoms with E-state index in [1.807, 2.05) is 29.9 Å². The highest BCUT2D eigenvalue weighted by Crippen LogP contribution is 2.34. The van der Waals surface area contributed by atoms with Gasteiger partial charge in [0.25, 0.3) is 0 Å². The number of hydrogen-bond acceptors (Lipinski definition) is 4. The summed E-state index contributed by atoms with van der Waals surface area (Å²) in [7, 11) is 1.63. The van der Waals surface area contributed by atoms with E-state index in [1.165, 1.54) is 0 Å². The highest BCUT2D eigenvalue weighted by Gasteiger charge is 2.19. The molecule has 2 heterocycles. The van der Waals surface area contributed by atoms with E-state index >= 15 is 0 Å². The first-order valence-electron chi connectivity index (χ1n) is 8.57. The maximum atomic E-state index is 12.1.